The fourth-order valence-electron chi connectivity index (χ4n) is 4.52. The Kier molecular flexibility index (Phi) is 3.64. The molecule has 29 heavy (non-hydrogen) atoms. The summed E-state index contributed by atoms with van der Waals surface area (Å²) < 4.78 is 1.82. The third kappa shape index (κ3) is 2.54. The summed E-state index contributed by atoms with van der Waals surface area (Å²) in [5, 5.41) is 10.9. The number of Topliss-reactive ketones (excluding diaryl/α,β-unsaturated/α-hetero) is 1. The summed E-state index contributed by atoms with van der Waals surface area (Å²) in [6.07, 6.45) is 4.66. The van der Waals surface area contributed by atoms with Gasteiger partial charge in [-0.05, 0) is 35.6 Å². The lowest BCUT2D eigenvalue weighted by molar-refractivity contribution is -0.116. The number of rotatable bonds is 2. The summed E-state index contributed by atoms with van der Waals surface area (Å²) in [4.78, 5) is 23.6. The number of ketones is 1. The van der Waals surface area contributed by atoms with E-state index in [1.54, 1.807) is 23.9 Å². The molecule has 0 spiro atoms. The van der Waals surface area contributed by atoms with Crippen LogP contribution in [0.25, 0.3) is 10.9 Å². The molecule has 4 aromatic rings. The molecule has 0 saturated heterocycles. The summed E-state index contributed by atoms with van der Waals surface area (Å²) in [6.45, 7) is 0. The number of para-hydroxylation sites is 1. The minimum absolute atomic E-state index is 0.171. The van der Waals surface area contributed by atoms with E-state index in [9.17, 15) is 4.79 Å². The number of fused-ring (bicyclic) bond motifs is 2. The molecule has 0 amide bonds. The first kappa shape index (κ1) is 16.6. The number of nitrogens with zero attached hydrogens (tertiary/aromatic N) is 4. The van der Waals surface area contributed by atoms with E-state index < -0.39 is 0 Å². The van der Waals surface area contributed by atoms with Gasteiger partial charge in [0.1, 0.15) is 12.4 Å². The Morgan fingerprint density at radius 1 is 1.07 bits per heavy atom. The number of carbonyl (C=O) groups is 1. The van der Waals surface area contributed by atoms with Gasteiger partial charge in [-0.15, -0.1) is 11.3 Å². The number of benzene rings is 1. The van der Waals surface area contributed by atoms with Crippen LogP contribution in [-0.2, 0) is 4.79 Å². The number of hydrogen-bond donors (Lipinski definition) is 1. The second kappa shape index (κ2) is 6.35. The third-order valence-corrected chi connectivity index (χ3v) is 6.82. The topological polar surface area (TPSA) is 72.7 Å². The fraction of sp³-hybridized carbons (Fsp3) is 0.182. The number of aromatic nitrogens is 4. The summed E-state index contributed by atoms with van der Waals surface area (Å²) in [6, 6.07) is 13.9. The van der Waals surface area contributed by atoms with E-state index in [1.807, 2.05) is 35.0 Å². The molecule has 4 heterocycles. The maximum atomic E-state index is 13.4. The Morgan fingerprint density at radius 3 is 2.90 bits per heavy atom. The van der Waals surface area contributed by atoms with Gasteiger partial charge in [0.15, 0.2) is 5.78 Å². The van der Waals surface area contributed by atoms with Crippen molar-refractivity contribution in [3.05, 3.63) is 82.1 Å². The minimum atomic E-state index is -0.298. The van der Waals surface area contributed by atoms with Gasteiger partial charge in [-0.25, -0.2) is 4.68 Å². The predicted octanol–water partition coefficient (Wildman–Crippen LogP) is 4.30. The van der Waals surface area contributed by atoms with Crippen LogP contribution in [-0.4, -0.2) is 25.5 Å². The van der Waals surface area contributed by atoms with Crippen LogP contribution in [0.5, 0.6) is 0 Å². The maximum Gasteiger partial charge on any atom is 0.226 e. The second-order valence-corrected chi connectivity index (χ2v) is 8.39. The highest BCUT2D eigenvalue weighted by Crippen LogP contribution is 2.45. The number of anilines is 1. The Hall–Kier alpha value is -3.32. The first-order valence-corrected chi connectivity index (χ1v) is 10.5. The van der Waals surface area contributed by atoms with Crippen molar-refractivity contribution in [2.75, 3.05) is 5.32 Å². The highest BCUT2D eigenvalue weighted by Gasteiger charge is 2.39. The highest BCUT2D eigenvalue weighted by molar-refractivity contribution is 7.10. The van der Waals surface area contributed by atoms with E-state index in [-0.39, 0.29) is 17.7 Å². The molecule has 1 N–H and O–H groups in total. The number of pyridine rings is 1. The zero-order valence-electron chi connectivity index (χ0n) is 15.4. The van der Waals surface area contributed by atoms with Gasteiger partial charge in [0.2, 0.25) is 5.95 Å². The van der Waals surface area contributed by atoms with E-state index in [0.29, 0.717) is 12.4 Å². The van der Waals surface area contributed by atoms with Gasteiger partial charge in [0.05, 0.1) is 5.52 Å². The number of nitrogens with one attached hydrogen (secondary N) is 1. The molecule has 0 unspecified atom stereocenters. The molecule has 1 aliphatic heterocycles. The van der Waals surface area contributed by atoms with Gasteiger partial charge in [-0.3, -0.25) is 9.78 Å². The molecular formula is C22H17N5OS. The van der Waals surface area contributed by atoms with Crippen LogP contribution in [0.2, 0.25) is 0 Å². The average molecular weight is 399 g/mol. The molecule has 0 fully saturated rings. The zero-order chi connectivity index (χ0) is 19.4. The molecule has 142 valence electrons. The Labute approximate surface area is 170 Å². The van der Waals surface area contributed by atoms with E-state index in [0.717, 1.165) is 34.2 Å². The van der Waals surface area contributed by atoms with Crippen molar-refractivity contribution in [3.8, 4) is 0 Å². The molecule has 0 saturated carbocycles. The largest absolute Gasteiger partial charge is 0.328 e. The van der Waals surface area contributed by atoms with Crippen molar-refractivity contribution in [3.63, 3.8) is 0 Å². The van der Waals surface area contributed by atoms with Gasteiger partial charge in [-0.1, -0.05) is 24.3 Å². The molecule has 3 aromatic heterocycles. The van der Waals surface area contributed by atoms with Gasteiger partial charge < -0.3 is 5.32 Å². The van der Waals surface area contributed by atoms with E-state index in [1.165, 1.54) is 4.88 Å². The molecule has 7 heteroatoms. The van der Waals surface area contributed by atoms with Gasteiger partial charge in [0.25, 0.3) is 0 Å². The van der Waals surface area contributed by atoms with Crippen LogP contribution in [0.3, 0.4) is 0 Å². The van der Waals surface area contributed by atoms with Gasteiger partial charge in [-0.2, -0.15) is 10.1 Å². The molecule has 1 aliphatic carbocycles. The lowest BCUT2D eigenvalue weighted by Crippen LogP contribution is -2.33. The molecule has 0 bridgehead atoms. The highest BCUT2D eigenvalue weighted by atomic mass is 32.1. The lowest BCUT2D eigenvalue weighted by Gasteiger charge is -2.35. The lowest BCUT2D eigenvalue weighted by atomic mass is 9.79. The van der Waals surface area contributed by atoms with Crippen LogP contribution in [0.1, 0.15) is 35.2 Å². The van der Waals surface area contributed by atoms with Crippen LogP contribution in [0.4, 0.5) is 5.95 Å². The molecule has 6 nitrogen and oxygen atoms in total. The van der Waals surface area contributed by atoms with E-state index in [2.05, 4.69) is 37.9 Å². The zero-order valence-corrected chi connectivity index (χ0v) is 16.3. The molecular weight excluding hydrogens is 382 g/mol. The summed E-state index contributed by atoms with van der Waals surface area (Å²) in [5.41, 5.74) is 3.70. The third-order valence-electron chi connectivity index (χ3n) is 5.78. The maximum absolute atomic E-state index is 13.4. The summed E-state index contributed by atoms with van der Waals surface area (Å²) in [7, 11) is 0. The van der Waals surface area contributed by atoms with E-state index in [4.69, 9.17) is 0 Å². The van der Waals surface area contributed by atoms with Gasteiger partial charge >= 0.3 is 0 Å². The molecule has 6 rings (SSSR count). The SMILES string of the molecule is O=C1C[C@@H](c2cccs2)CC2=C1[C@H](c1ccnc3ccccc13)n1ncnc1N2. The Morgan fingerprint density at radius 2 is 2.00 bits per heavy atom. The van der Waals surface area contributed by atoms with Crippen molar-refractivity contribution >= 4 is 34.0 Å². The first-order valence-electron chi connectivity index (χ1n) is 9.59. The fourth-order valence-corrected chi connectivity index (χ4v) is 5.35. The van der Waals surface area contributed by atoms with Crippen molar-refractivity contribution in [2.45, 2.75) is 24.8 Å². The summed E-state index contributed by atoms with van der Waals surface area (Å²) in [5.74, 6) is 1.05. The molecule has 1 aromatic carbocycles. The quantitative estimate of drug-likeness (QED) is 0.544. The smallest absolute Gasteiger partial charge is 0.226 e. The number of thiophene rings is 1. The van der Waals surface area contributed by atoms with E-state index >= 15 is 0 Å². The molecule has 2 atom stereocenters. The number of allylic oxidation sites excluding steroid dienone is 2. The Bertz CT molecular complexity index is 1270. The minimum Gasteiger partial charge on any atom is -0.328 e. The van der Waals surface area contributed by atoms with Crippen LogP contribution < -0.4 is 5.32 Å². The second-order valence-electron chi connectivity index (χ2n) is 7.41. The predicted molar refractivity (Wildman–Crippen MR) is 112 cm³/mol. The standard InChI is InChI=1S/C22H17N5OS/c28-18-11-13(19-6-3-9-29-19)10-17-20(18)21(27-22(26-17)24-12-25-27)15-7-8-23-16-5-2-1-4-14(15)16/h1-9,12-13,21H,10-11H2,(H,24,25,26)/t13-,21-/m0/s1. The van der Waals surface area contributed by atoms with Crippen molar-refractivity contribution in [1.82, 2.24) is 19.7 Å². The van der Waals surface area contributed by atoms with Crippen molar-refractivity contribution < 1.29 is 4.79 Å². The average Bonchev–Trinajstić information content (AvgIpc) is 3.44. The van der Waals surface area contributed by atoms with Crippen LogP contribution in [0, 0.1) is 0 Å². The molecule has 2 aliphatic rings. The van der Waals surface area contributed by atoms with Crippen molar-refractivity contribution in [1.29, 1.82) is 0 Å². The number of hydrogen-bond acceptors (Lipinski definition) is 6. The Balaban J connectivity index is 1.55. The van der Waals surface area contributed by atoms with Crippen LogP contribution >= 0.6 is 11.3 Å². The number of carbonyl (C=O) groups excluding carboxylic acids is 1. The monoisotopic (exact) mass is 399 g/mol. The van der Waals surface area contributed by atoms with Gasteiger partial charge in [0, 0.05) is 40.1 Å². The first-order chi connectivity index (χ1) is 14.3. The van der Waals surface area contributed by atoms with Crippen molar-refractivity contribution in [2.24, 2.45) is 0 Å². The van der Waals surface area contributed by atoms with Crippen LogP contribution in [0.15, 0.2) is 71.6 Å². The molecule has 0 radical (unpaired) electrons. The normalized spacial score (nSPS) is 21.0. The summed E-state index contributed by atoms with van der Waals surface area (Å²) >= 11 is 1.71.